The summed E-state index contributed by atoms with van der Waals surface area (Å²) in [5.41, 5.74) is 3.76. The van der Waals surface area contributed by atoms with E-state index in [-0.39, 0.29) is 10.8 Å². The van der Waals surface area contributed by atoms with Crippen molar-refractivity contribution in [1.82, 2.24) is 0 Å². The Morgan fingerprint density at radius 2 is 1.68 bits per heavy atom. The van der Waals surface area contributed by atoms with Crippen LogP contribution in [0.5, 0.6) is 0 Å². The quantitative estimate of drug-likeness (QED) is 0.555. The van der Waals surface area contributed by atoms with Crippen LogP contribution in [0.3, 0.4) is 0 Å². The maximum atomic E-state index is 5.24. The van der Waals surface area contributed by atoms with Gasteiger partial charge in [-0.25, -0.2) is 4.99 Å². The summed E-state index contributed by atoms with van der Waals surface area (Å²) in [6, 6.07) is 6.58. The van der Waals surface area contributed by atoms with Crippen molar-refractivity contribution in [2.24, 2.45) is 4.99 Å². The minimum atomic E-state index is 0.0787. The molecule has 0 atom stereocenters. The van der Waals surface area contributed by atoms with Crippen LogP contribution < -0.4 is 0 Å². The normalized spacial score (nSPS) is 13.0. The number of ether oxygens (including phenoxy) is 1. The zero-order chi connectivity index (χ0) is 14.7. The minimum Gasteiger partial charge on any atom is -0.483 e. The highest BCUT2D eigenvalue weighted by molar-refractivity contribution is 5.61. The van der Waals surface area contributed by atoms with Crippen molar-refractivity contribution < 1.29 is 4.74 Å². The smallest absolute Gasteiger partial charge is 0.174 e. The van der Waals surface area contributed by atoms with Crippen molar-refractivity contribution in [2.75, 3.05) is 6.61 Å². The van der Waals surface area contributed by atoms with Gasteiger partial charge in [-0.3, -0.25) is 0 Å². The van der Waals surface area contributed by atoms with Gasteiger partial charge >= 0.3 is 0 Å². The Hall–Kier alpha value is -1.31. The van der Waals surface area contributed by atoms with Gasteiger partial charge in [-0.05, 0) is 34.9 Å². The van der Waals surface area contributed by atoms with Crippen LogP contribution in [0.25, 0.3) is 0 Å². The van der Waals surface area contributed by atoms with E-state index in [0.29, 0.717) is 6.61 Å². The second kappa shape index (κ2) is 5.77. The summed E-state index contributed by atoms with van der Waals surface area (Å²) >= 11 is 0. The van der Waals surface area contributed by atoms with Crippen LogP contribution in [0.15, 0.2) is 23.2 Å². The SMILES string of the molecule is CCOC=Nc1cc(C(C)(C)C)ccc1C(C)(C)C. The average molecular weight is 261 g/mol. The summed E-state index contributed by atoms with van der Waals surface area (Å²) in [5, 5.41) is 0. The van der Waals surface area contributed by atoms with Gasteiger partial charge in [0, 0.05) is 0 Å². The molecule has 0 aromatic heterocycles. The molecule has 106 valence electrons. The zero-order valence-corrected chi connectivity index (χ0v) is 13.4. The Balaban J connectivity index is 3.27. The number of rotatable bonds is 3. The number of benzene rings is 1. The van der Waals surface area contributed by atoms with E-state index in [4.69, 9.17) is 4.74 Å². The van der Waals surface area contributed by atoms with E-state index in [1.807, 2.05) is 6.92 Å². The van der Waals surface area contributed by atoms with Crippen molar-refractivity contribution >= 4 is 12.1 Å². The summed E-state index contributed by atoms with van der Waals surface area (Å²) < 4.78 is 5.24. The molecule has 19 heavy (non-hydrogen) atoms. The molecule has 1 rings (SSSR count). The van der Waals surface area contributed by atoms with Crippen LogP contribution in [-0.4, -0.2) is 13.0 Å². The largest absolute Gasteiger partial charge is 0.483 e. The molecule has 0 aliphatic carbocycles. The summed E-state index contributed by atoms with van der Waals surface area (Å²) in [5.74, 6) is 0. The molecule has 2 heteroatoms. The third-order valence-corrected chi connectivity index (χ3v) is 3.10. The second-order valence-electron chi connectivity index (χ2n) is 6.92. The van der Waals surface area contributed by atoms with E-state index in [0.717, 1.165) is 5.69 Å². The lowest BCUT2D eigenvalue weighted by molar-refractivity contribution is 0.344. The Morgan fingerprint density at radius 3 is 2.16 bits per heavy atom. The molecule has 0 radical (unpaired) electrons. The molecule has 0 fully saturated rings. The van der Waals surface area contributed by atoms with Crippen LogP contribution in [0.4, 0.5) is 5.69 Å². The third-order valence-electron chi connectivity index (χ3n) is 3.10. The highest BCUT2D eigenvalue weighted by atomic mass is 16.5. The van der Waals surface area contributed by atoms with Crippen LogP contribution in [0, 0.1) is 0 Å². The lowest BCUT2D eigenvalue weighted by Crippen LogP contribution is -2.15. The summed E-state index contributed by atoms with van der Waals surface area (Å²) in [6.45, 7) is 15.9. The highest BCUT2D eigenvalue weighted by Crippen LogP contribution is 2.35. The Kier molecular flexibility index (Phi) is 4.78. The first-order valence-electron chi connectivity index (χ1n) is 6.95. The van der Waals surface area contributed by atoms with Gasteiger partial charge in [0.1, 0.15) is 0 Å². The standard InChI is InChI=1S/C17H27NO/c1-8-19-12-18-15-11-13(16(2,3)4)9-10-14(15)17(5,6)7/h9-12H,8H2,1-7H3. The van der Waals surface area contributed by atoms with E-state index < -0.39 is 0 Å². The molecule has 1 aromatic carbocycles. The Morgan fingerprint density at radius 1 is 1.05 bits per heavy atom. The maximum Gasteiger partial charge on any atom is 0.174 e. The minimum absolute atomic E-state index is 0.0787. The van der Waals surface area contributed by atoms with Gasteiger partial charge in [0.05, 0.1) is 12.3 Å². The van der Waals surface area contributed by atoms with Crippen LogP contribution >= 0.6 is 0 Å². The zero-order valence-electron chi connectivity index (χ0n) is 13.4. The fourth-order valence-electron chi connectivity index (χ4n) is 1.91. The monoisotopic (exact) mass is 261 g/mol. The topological polar surface area (TPSA) is 21.6 Å². The van der Waals surface area contributed by atoms with Gasteiger partial charge in [0.25, 0.3) is 0 Å². The average Bonchev–Trinajstić information content (AvgIpc) is 2.26. The van der Waals surface area contributed by atoms with E-state index >= 15 is 0 Å². The van der Waals surface area contributed by atoms with Gasteiger partial charge in [-0.1, -0.05) is 53.7 Å². The molecule has 0 amide bonds. The van der Waals surface area contributed by atoms with Crippen molar-refractivity contribution in [3.63, 3.8) is 0 Å². The van der Waals surface area contributed by atoms with E-state index in [9.17, 15) is 0 Å². The molecule has 0 saturated heterocycles. The number of nitrogens with zero attached hydrogens (tertiary/aromatic N) is 1. The molecule has 0 aliphatic rings. The lowest BCUT2D eigenvalue weighted by atomic mass is 9.81. The molecule has 0 N–H and O–H groups in total. The first-order valence-corrected chi connectivity index (χ1v) is 6.95. The molecular formula is C17H27NO. The van der Waals surface area contributed by atoms with Crippen molar-refractivity contribution in [1.29, 1.82) is 0 Å². The summed E-state index contributed by atoms with van der Waals surface area (Å²) in [6.07, 6.45) is 1.55. The molecule has 0 spiro atoms. The second-order valence-corrected chi connectivity index (χ2v) is 6.92. The maximum absolute atomic E-state index is 5.24. The van der Waals surface area contributed by atoms with Crippen LogP contribution in [0.1, 0.15) is 59.6 Å². The van der Waals surface area contributed by atoms with Gasteiger partial charge in [-0.15, -0.1) is 0 Å². The number of aliphatic imine (C=N–C) groups is 1. The van der Waals surface area contributed by atoms with Gasteiger partial charge in [0.15, 0.2) is 6.40 Å². The fourth-order valence-corrected chi connectivity index (χ4v) is 1.91. The fraction of sp³-hybridized carbons (Fsp3) is 0.588. The van der Waals surface area contributed by atoms with Gasteiger partial charge in [0.2, 0.25) is 0 Å². The summed E-state index contributed by atoms with van der Waals surface area (Å²) in [7, 11) is 0. The molecular weight excluding hydrogens is 234 g/mol. The molecule has 0 aliphatic heterocycles. The summed E-state index contributed by atoms with van der Waals surface area (Å²) in [4.78, 5) is 4.49. The van der Waals surface area contributed by atoms with Crippen LogP contribution in [0.2, 0.25) is 0 Å². The first kappa shape index (κ1) is 15.7. The van der Waals surface area contributed by atoms with E-state index in [1.54, 1.807) is 6.40 Å². The molecule has 1 aromatic rings. The third kappa shape index (κ3) is 4.38. The van der Waals surface area contributed by atoms with Gasteiger partial charge < -0.3 is 4.74 Å². The van der Waals surface area contributed by atoms with Crippen LogP contribution in [-0.2, 0) is 15.6 Å². The lowest BCUT2D eigenvalue weighted by Gasteiger charge is -2.25. The Labute approximate surface area is 117 Å². The predicted molar refractivity (Wildman–Crippen MR) is 83.6 cm³/mol. The first-order chi connectivity index (χ1) is 8.66. The molecule has 0 unspecified atom stereocenters. The molecule has 2 nitrogen and oxygen atoms in total. The van der Waals surface area contributed by atoms with E-state index in [2.05, 4.69) is 64.7 Å². The molecule has 0 saturated carbocycles. The highest BCUT2D eigenvalue weighted by Gasteiger charge is 2.21. The molecule has 0 heterocycles. The predicted octanol–water partition coefficient (Wildman–Crippen LogP) is 4.98. The van der Waals surface area contributed by atoms with E-state index in [1.165, 1.54) is 11.1 Å². The van der Waals surface area contributed by atoms with Crippen molar-refractivity contribution in [3.8, 4) is 0 Å². The number of hydrogen-bond donors (Lipinski definition) is 0. The van der Waals surface area contributed by atoms with Gasteiger partial charge in [-0.2, -0.15) is 0 Å². The van der Waals surface area contributed by atoms with Crippen molar-refractivity contribution in [2.45, 2.75) is 59.3 Å². The number of hydrogen-bond acceptors (Lipinski definition) is 2. The Bertz CT molecular complexity index is 447. The molecule has 0 bridgehead atoms. The van der Waals surface area contributed by atoms with Crippen molar-refractivity contribution in [3.05, 3.63) is 29.3 Å².